The van der Waals surface area contributed by atoms with Crippen LogP contribution in [0.4, 0.5) is 0 Å². The van der Waals surface area contributed by atoms with E-state index >= 15 is 0 Å². The van der Waals surface area contributed by atoms with Crippen LogP contribution in [-0.4, -0.2) is 37.6 Å². The van der Waals surface area contributed by atoms with Crippen molar-refractivity contribution in [1.29, 1.82) is 0 Å². The average molecular weight is 307 g/mol. The van der Waals surface area contributed by atoms with E-state index in [9.17, 15) is 0 Å². The molecule has 2 nitrogen and oxygen atoms in total. The van der Waals surface area contributed by atoms with Gasteiger partial charge in [0, 0.05) is 13.1 Å². The Hall–Kier alpha value is -0.0800. The quantitative estimate of drug-likeness (QED) is 0.682. The molecule has 1 saturated heterocycles. The summed E-state index contributed by atoms with van der Waals surface area (Å²) in [6.07, 6.45) is 8.45. The molecule has 0 radical (unpaired) electrons. The van der Waals surface area contributed by atoms with Crippen LogP contribution in [0, 0.1) is 35.5 Å². The number of likely N-dealkylation sites (tertiary alicyclic amines) is 1. The van der Waals surface area contributed by atoms with E-state index < -0.39 is 0 Å². The predicted octanol–water partition coefficient (Wildman–Crippen LogP) is 4.02. The molecule has 0 aromatic carbocycles. The Morgan fingerprint density at radius 3 is 2.32 bits per heavy atom. The molecule has 6 atom stereocenters. The molecule has 22 heavy (non-hydrogen) atoms. The summed E-state index contributed by atoms with van der Waals surface area (Å²) in [5.74, 6) is 6.04. The van der Waals surface area contributed by atoms with Crippen LogP contribution in [0.5, 0.6) is 0 Å². The SMILES string of the molecule is CCCCNCC1C(C)C2CCC1C1CN(CCCC)CC21. The lowest BCUT2D eigenvalue weighted by Crippen LogP contribution is -2.52. The second kappa shape index (κ2) is 7.66. The van der Waals surface area contributed by atoms with Crippen LogP contribution in [0.1, 0.15) is 59.3 Å². The Bertz CT molecular complexity index is 341. The highest BCUT2D eigenvalue weighted by Crippen LogP contribution is 2.56. The molecule has 0 spiro atoms. The molecule has 0 aromatic rings. The number of fused-ring (bicyclic) bond motifs is 2. The van der Waals surface area contributed by atoms with Crippen LogP contribution < -0.4 is 5.32 Å². The fraction of sp³-hybridized carbons (Fsp3) is 1.00. The van der Waals surface area contributed by atoms with Gasteiger partial charge in [0.25, 0.3) is 0 Å². The van der Waals surface area contributed by atoms with Gasteiger partial charge in [-0.1, -0.05) is 33.6 Å². The van der Waals surface area contributed by atoms with Crippen molar-refractivity contribution in [2.24, 2.45) is 35.5 Å². The number of nitrogens with zero attached hydrogens (tertiary/aromatic N) is 1. The second-order valence-electron chi connectivity index (χ2n) is 8.43. The van der Waals surface area contributed by atoms with E-state index in [2.05, 4.69) is 31.0 Å². The van der Waals surface area contributed by atoms with Gasteiger partial charge in [-0.2, -0.15) is 0 Å². The highest BCUT2D eigenvalue weighted by molar-refractivity contribution is 5.04. The van der Waals surface area contributed by atoms with Gasteiger partial charge in [0.05, 0.1) is 0 Å². The Labute approximate surface area is 138 Å². The van der Waals surface area contributed by atoms with Gasteiger partial charge in [0.15, 0.2) is 0 Å². The van der Waals surface area contributed by atoms with E-state index in [1.807, 2.05) is 0 Å². The van der Waals surface area contributed by atoms with Crippen LogP contribution >= 0.6 is 0 Å². The van der Waals surface area contributed by atoms with E-state index in [0.29, 0.717) is 0 Å². The van der Waals surface area contributed by atoms with E-state index in [0.717, 1.165) is 35.5 Å². The molecule has 0 aromatic heterocycles. The first-order valence-corrected chi connectivity index (χ1v) is 10.2. The molecule has 4 rings (SSSR count). The van der Waals surface area contributed by atoms with Crippen molar-refractivity contribution in [3.63, 3.8) is 0 Å². The van der Waals surface area contributed by atoms with Gasteiger partial charge >= 0.3 is 0 Å². The Morgan fingerprint density at radius 1 is 0.909 bits per heavy atom. The summed E-state index contributed by atoms with van der Waals surface area (Å²) in [7, 11) is 0. The van der Waals surface area contributed by atoms with Crippen molar-refractivity contribution in [1.82, 2.24) is 10.2 Å². The number of rotatable bonds is 8. The third-order valence-corrected chi connectivity index (χ3v) is 7.24. The predicted molar refractivity (Wildman–Crippen MR) is 95.0 cm³/mol. The van der Waals surface area contributed by atoms with E-state index in [1.165, 1.54) is 71.2 Å². The first-order valence-electron chi connectivity index (χ1n) is 10.2. The van der Waals surface area contributed by atoms with Crippen LogP contribution in [0.25, 0.3) is 0 Å². The Balaban J connectivity index is 1.58. The molecule has 3 saturated carbocycles. The maximum absolute atomic E-state index is 3.78. The summed E-state index contributed by atoms with van der Waals surface area (Å²) in [5, 5.41) is 3.78. The maximum atomic E-state index is 3.78. The third kappa shape index (κ3) is 3.24. The summed E-state index contributed by atoms with van der Waals surface area (Å²) in [6.45, 7) is 13.9. The van der Waals surface area contributed by atoms with Crippen molar-refractivity contribution in [2.75, 3.05) is 32.7 Å². The smallest absolute Gasteiger partial charge is 0.00158 e. The van der Waals surface area contributed by atoms with Gasteiger partial charge in [-0.15, -0.1) is 0 Å². The lowest BCUT2D eigenvalue weighted by molar-refractivity contribution is -0.0451. The number of hydrogen-bond acceptors (Lipinski definition) is 2. The van der Waals surface area contributed by atoms with Gasteiger partial charge in [0.1, 0.15) is 0 Å². The van der Waals surface area contributed by atoms with Crippen molar-refractivity contribution >= 4 is 0 Å². The van der Waals surface area contributed by atoms with Crippen LogP contribution in [0.2, 0.25) is 0 Å². The van der Waals surface area contributed by atoms with Crippen molar-refractivity contribution in [3.05, 3.63) is 0 Å². The molecule has 3 aliphatic carbocycles. The topological polar surface area (TPSA) is 15.3 Å². The highest BCUT2D eigenvalue weighted by Gasteiger charge is 2.54. The number of unbranched alkanes of at least 4 members (excludes halogenated alkanes) is 2. The fourth-order valence-corrected chi connectivity index (χ4v) is 6.02. The number of nitrogens with one attached hydrogen (secondary N) is 1. The highest BCUT2D eigenvalue weighted by atomic mass is 15.2. The molecular formula is C20H38N2. The van der Waals surface area contributed by atoms with E-state index in [4.69, 9.17) is 0 Å². The monoisotopic (exact) mass is 306 g/mol. The summed E-state index contributed by atoms with van der Waals surface area (Å²) in [5.41, 5.74) is 0. The Kier molecular flexibility index (Phi) is 5.84. The lowest BCUT2D eigenvalue weighted by atomic mass is 9.51. The molecule has 2 heteroatoms. The zero-order chi connectivity index (χ0) is 15.5. The first kappa shape index (κ1) is 16.8. The van der Waals surface area contributed by atoms with Crippen molar-refractivity contribution in [2.45, 2.75) is 59.3 Å². The molecule has 1 N–H and O–H groups in total. The van der Waals surface area contributed by atoms with Gasteiger partial charge in [0.2, 0.25) is 0 Å². The van der Waals surface area contributed by atoms with Crippen LogP contribution in [0.15, 0.2) is 0 Å². The minimum absolute atomic E-state index is 0.959. The fourth-order valence-electron chi connectivity index (χ4n) is 6.02. The van der Waals surface area contributed by atoms with Crippen molar-refractivity contribution in [3.8, 4) is 0 Å². The summed E-state index contributed by atoms with van der Waals surface area (Å²) in [6, 6.07) is 0. The van der Waals surface area contributed by atoms with E-state index in [-0.39, 0.29) is 0 Å². The minimum atomic E-state index is 0.959. The van der Waals surface area contributed by atoms with Gasteiger partial charge in [-0.25, -0.2) is 0 Å². The van der Waals surface area contributed by atoms with Gasteiger partial charge in [-0.3, -0.25) is 0 Å². The normalized spacial score (nSPS) is 41.0. The zero-order valence-corrected chi connectivity index (χ0v) is 15.2. The number of hydrogen-bond donors (Lipinski definition) is 1. The lowest BCUT2D eigenvalue weighted by Gasteiger charge is -2.54. The average Bonchev–Trinajstić information content (AvgIpc) is 2.96. The molecule has 2 bridgehead atoms. The van der Waals surface area contributed by atoms with E-state index in [1.54, 1.807) is 0 Å². The molecule has 4 aliphatic rings. The molecule has 1 aliphatic heterocycles. The van der Waals surface area contributed by atoms with Crippen LogP contribution in [0.3, 0.4) is 0 Å². The molecule has 6 unspecified atom stereocenters. The summed E-state index contributed by atoms with van der Waals surface area (Å²) < 4.78 is 0. The maximum Gasteiger partial charge on any atom is 0.00158 e. The summed E-state index contributed by atoms with van der Waals surface area (Å²) in [4.78, 5) is 2.81. The molecule has 1 heterocycles. The Morgan fingerprint density at radius 2 is 1.59 bits per heavy atom. The standard InChI is InChI=1S/C20H38N2/c1-4-6-10-21-12-18-15(3)16-8-9-17(18)20-14-22(11-7-5-2)13-19(16)20/h15-21H,4-14H2,1-3H3. The first-order chi connectivity index (χ1) is 10.8. The molecular weight excluding hydrogens is 268 g/mol. The second-order valence-corrected chi connectivity index (χ2v) is 8.43. The van der Waals surface area contributed by atoms with Gasteiger partial charge in [-0.05, 0) is 80.8 Å². The van der Waals surface area contributed by atoms with Crippen LogP contribution in [-0.2, 0) is 0 Å². The minimum Gasteiger partial charge on any atom is -0.316 e. The third-order valence-electron chi connectivity index (χ3n) is 7.24. The molecule has 0 amide bonds. The summed E-state index contributed by atoms with van der Waals surface area (Å²) >= 11 is 0. The largest absolute Gasteiger partial charge is 0.316 e. The zero-order valence-electron chi connectivity index (χ0n) is 15.2. The van der Waals surface area contributed by atoms with Crippen molar-refractivity contribution < 1.29 is 0 Å². The van der Waals surface area contributed by atoms with Gasteiger partial charge < -0.3 is 10.2 Å². The molecule has 128 valence electrons. The molecule has 4 fully saturated rings.